The van der Waals surface area contributed by atoms with Gasteiger partial charge in [0.2, 0.25) is 0 Å². The average Bonchev–Trinajstić information content (AvgIpc) is 3.10. The summed E-state index contributed by atoms with van der Waals surface area (Å²) >= 11 is -0.472. The maximum absolute atomic E-state index is 11.3. The van der Waals surface area contributed by atoms with Crippen LogP contribution in [0.4, 0.5) is 0 Å². The Morgan fingerprint density at radius 3 is 2.79 bits per heavy atom. The minimum atomic E-state index is -0.472. The van der Waals surface area contributed by atoms with E-state index in [4.69, 9.17) is 18.8 Å². The van der Waals surface area contributed by atoms with E-state index in [1.807, 2.05) is 36.5 Å². The van der Waals surface area contributed by atoms with E-state index < -0.39 is 16.5 Å². The molecular formula is C27H35Cl2N2O2Pt-. The average molecular weight is 686 g/mol. The van der Waals surface area contributed by atoms with Crippen LogP contribution < -0.4 is 0 Å². The minimum absolute atomic E-state index is 0.0609. The summed E-state index contributed by atoms with van der Waals surface area (Å²) in [4.78, 5) is 4.34. The Bertz CT molecular complexity index is 934. The van der Waals surface area contributed by atoms with Crippen molar-refractivity contribution in [1.82, 2.24) is 4.98 Å². The summed E-state index contributed by atoms with van der Waals surface area (Å²) in [7, 11) is 9.75. The van der Waals surface area contributed by atoms with Gasteiger partial charge in [0, 0.05) is 11.9 Å². The first-order chi connectivity index (χ1) is 16.5. The van der Waals surface area contributed by atoms with Crippen LogP contribution in [0.5, 0.6) is 5.75 Å². The van der Waals surface area contributed by atoms with E-state index in [-0.39, 0.29) is 11.5 Å². The van der Waals surface area contributed by atoms with E-state index in [2.05, 4.69) is 23.3 Å². The molecule has 34 heavy (non-hydrogen) atoms. The van der Waals surface area contributed by atoms with E-state index in [1.165, 1.54) is 24.0 Å². The molecule has 5 rings (SSSR count). The van der Waals surface area contributed by atoms with Gasteiger partial charge in [-0.25, -0.2) is 0 Å². The van der Waals surface area contributed by atoms with Crippen molar-refractivity contribution in [1.29, 1.82) is 0 Å². The monoisotopic (exact) mass is 684 g/mol. The predicted molar refractivity (Wildman–Crippen MR) is 135 cm³/mol. The van der Waals surface area contributed by atoms with Gasteiger partial charge in [-0.2, -0.15) is 0 Å². The Kier molecular flexibility index (Phi) is 9.37. The number of benzene rings is 1. The van der Waals surface area contributed by atoms with Crippen LogP contribution in [0.15, 0.2) is 42.6 Å². The number of rotatable bonds is 6. The van der Waals surface area contributed by atoms with Crippen LogP contribution in [0, 0.1) is 23.2 Å². The molecule has 190 valence electrons. The number of phenolic OH excluding ortho intramolecular Hbond substituents is 1. The van der Waals surface area contributed by atoms with Crippen molar-refractivity contribution in [3.05, 3.63) is 64.7 Å². The molecule has 2 N–H and O–H groups in total. The fourth-order valence-corrected chi connectivity index (χ4v) is 7.15. The molecule has 3 aliphatic rings. The first-order valence-corrected chi connectivity index (χ1v) is 18.0. The van der Waals surface area contributed by atoms with E-state index in [1.54, 1.807) is 0 Å². The Balaban J connectivity index is 0.000000868. The zero-order valence-corrected chi connectivity index (χ0v) is 23.4. The molecule has 3 aliphatic carbocycles. The van der Waals surface area contributed by atoms with Gasteiger partial charge in [0.1, 0.15) is 5.75 Å². The van der Waals surface area contributed by atoms with E-state index in [0.717, 1.165) is 44.3 Å². The molecule has 0 aliphatic heterocycles. The van der Waals surface area contributed by atoms with Crippen molar-refractivity contribution in [3.63, 3.8) is 0 Å². The number of fused-ring (bicyclic) bond motifs is 5. The van der Waals surface area contributed by atoms with Crippen molar-refractivity contribution < 1.29 is 26.7 Å². The van der Waals surface area contributed by atoms with Crippen molar-refractivity contribution in [3.8, 4) is 5.75 Å². The van der Waals surface area contributed by atoms with Gasteiger partial charge in [-0.1, -0.05) is 25.5 Å². The van der Waals surface area contributed by atoms with Crippen molar-refractivity contribution in [2.45, 2.75) is 70.4 Å². The van der Waals surface area contributed by atoms with E-state index in [0.29, 0.717) is 36.0 Å². The first-order valence-electron chi connectivity index (χ1n) is 12.3. The van der Waals surface area contributed by atoms with Gasteiger partial charge in [-0.3, -0.25) is 4.98 Å². The number of aliphatic hydroxyl groups excluding tert-OH is 1. The summed E-state index contributed by atoms with van der Waals surface area (Å²) in [5.41, 5.74) is 3.89. The standard InChI is InChI=1S/C27H35N2O2.2ClH.Pt/c1-27-12-11-23-22-10-8-21(30)15-18(22)7-9-24(23)25(27)16-19(26(27)31)5-4-13-28-17-20-6-2-3-14-29-20;;;/h2-3,6,8,10,14-15,19,23-26,30-31H,4-5,7,9,11-13,16-17H2,1H3;2*1H;/q-1;;;+2/p-2/t19?,23?,24?,25?,26-,27-;;;/m0.../s1. The number of hydrogen-bond donors (Lipinski definition) is 2. The SMILES string of the molecule is C[C@]12CCC3c4ccc(O)cc4CCC3C1CC(CCC[N-]Cc1ccccn1)[C@@H]2O.[Cl][Pt][Cl]. The number of halogens is 2. The normalized spacial score (nSPS) is 31.7. The molecule has 2 fully saturated rings. The van der Waals surface area contributed by atoms with Gasteiger partial charge >= 0.3 is 35.3 Å². The number of aliphatic hydroxyl groups is 1. The molecular weight excluding hydrogens is 650 g/mol. The number of pyridine rings is 1. The Morgan fingerprint density at radius 2 is 2.03 bits per heavy atom. The molecule has 1 aromatic carbocycles. The summed E-state index contributed by atoms with van der Waals surface area (Å²) in [6, 6.07) is 12.0. The third-order valence-electron chi connectivity index (χ3n) is 8.72. The molecule has 2 saturated carbocycles. The number of nitrogens with zero attached hydrogens (tertiary/aromatic N) is 2. The number of aromatic hydroxyl groups is 1. The van der Waals surface area contributed by atoms with Crippen LogP contribution in [0.3, 0.4) is 0 Å². The number of hydrogen-bond acceptors (Lipinski definition) is 3. The Morgan fingerprint density at radius 1 is 1.21 bits per heavy atom. The fraction of sp³-hybridized carbons (Fsp3) is 0.593. The molecule has 0 amide bonds. The molecule has 1 aromatic heterocycles. The van der Waals surface area contributed by atoms with Gasteiger partial charge in [0.25, 0.3) is 0 Å². The first kappa shape index (κ1) is 26.4. The van der Waals surface area contributed by atoms with Crippen molar-refractivity contribution >= 4 is 18.8 Å². The molecule has 4 unspecified atom stereocenters. The summed E-state index contributed by atoms with van der Waals surface area (Å²) < 4.78 is 0. The van der Waals surface area contributed by atoms with E-state index >= 15 is 0 Å². The number of aryl methyl sites for hydroxylation is 1. The van der Waals surface area contributed by atoms with E-state index in [9.17, 15) is 10.2 Å². The molecule has 0 spiro atoms. The van der Waals surface area contributed by atoms with Crippen LogP contribution in [0.25, 0.3) is 5.32 Å². The molecule has 1 heterocycles. The predicted octanol–water partition coefficient (Wildman–Crippen LogP) is 6.96. The third kappa shape index (κ3) is 5.68. The topological polar surface area (TPSA) is 67.5 Å². The molecule has 0 bridgehead atoms. The Hall–Kier alpha value is -0.642. The molecule has 0 radical (unpaired) electrons. The van der Waals surface area contributed by atoms with Gasteiger partial charge in [-0.05, 0) is 103 Å². The quantitative estimate of drug-likeness (QED) is 0.324. The van der Waals surface area contributed by atoms with Gasteiger partial charge in [0.05, 0.1) is 6.10 Å². The maximum atomic E-state index is 11.3. The summed E-state index contributed by atoms with van der Waals surface area (Å²) in [6.45, 7) is 3.90. The van der Waals surface area contributed by atoms with Crippen LogP contribution in [0.1, 0.15) is 68.2 Å². The zero-order chi connectivity index (χ0) is 24.1. The second-order valence-electron chi connectivity index (χ2n) is 10.4. The van der Waals surface area contributed by atoms with Crippen molar-refractivity contribution in [2.75, 3.05) is 6.54 Å². The van der Waals surface area contributed by atoms with Crippen LogP contribution in [-0.2, 0) is 29.4 Å². The molecule has 4 nitrogen and oxygen atoms in total. The zero-order valence-electron chi connectivity index (χ0n) is 19.7. The molecule has 7 heteroatoms. The second kappa shape index (κ2) is 12.1. The van der Waals surface area contributed by atoms with Crippen molar-refractivity contribution in [2.24, 2.45) is 23.2 Å². The second-order valence-corrected chi connectivity index (χ2v) is 13.7. The molecule has 2 aromatic rings. The van der Waals surface area contributed by atoms with Crippen LogP contribution in [0.2, 0.25) is 0 Å². The number of aromatic nitrogens is 1. The summed E-state index contributed by atoms with van der Waals surface area (Å²) in [6.07, 6.45) is 9.45. The van der Waals surface area contributed by atoms with Gasteiger partial charge < -0.3 is 15.5 Å². The van der Waals surface area contributed by atoms with Crippen LogP contribution >= 0.6 is 18.8 Å². The molecule has 6 atom stereocenters. The third-order valence-corrected chi connectivity index (χ3v) is 8.72. The van der Waals surface area contributed by atoms with Gasteiger partial charge in [-0.15, -0.1) is 13.1 Å². The van der Waals surface area contributed by atoms with Gasteiger partial charge in [0.15, 0.2) is 0 Å². The summed E-state index contributed by atoms with van der Waals surface area (Å²) in [5, 5.41) is 25.9. The Labute approximate surface area is 220 Å². The van der Waals surface area contributed by atoms with Crippen LogP contribution in [-0.4, -0.2) is 27.8 Å². The summed E-state index contributed by atoms with van der Waals surface area (Å²) in [5.74, 6) is 2.67. The number of phenols is 1. The molecule has 0 saturated heterocycles. The fourth-order valence-electron chi connectivity index (χ4n) is 7.15.